The van der Waals surface area contributed by atoms with E-state index in [-0.39, 0.29) is 18.3 Å². The van der Waals surface area contributed by atoms with E-state index in [1.807, 2.05) is 30.3 Å². The fourth-order valence-electron chi connectivity index (χ4n) is 3.74. The highest BCUT2D eigenvalue weighted by atomic mass is 35.5. The molecule has 1 amide bonds. The van der Waals surface area contributed by atoms with Gasteiger partial charge < -0.3 is 28.2 Å². The van der Waals surface area contributed by atoms with Crippen molar-refractivity contribution in [2.45, 2.75) is 13.0 Å². The van der Waals surface area contributed by atoms with Crippen molar-refractivity contribution in [1.29, 1.82) is 0 Å². The third-order valence-corrected chi connectivity index (χ3v) is 5.23. The second-order valence-corrected chi connectivity index (χ2v) is 7.16. The number of aromatic nitrogens is 1. The first-order valence-corrected chi connectivity index (χ1v) is 9.55. The maximum atomic E-state index is 12.0. The molecule has 0 aliphatic rings. The molecule has 0 bridgehead atoms. The molecule has 5 nitrogen and oxygen atoms in total. The number of benzene rings is 3. The lowest BCUT2D eigenvalue weighted by Crippen LogP contribution is -3.00. The molecule has 3 N–H and O–H groups in total. The van der Waals surface area contributed by atoms with Gasteiger partial charge in [0, 0.05) is 17.7 Å². The van der Waals surface area contributed by atoms with Gasteiger partial charge in [0.15, 0.2) is 0 Å². The van der Waals surface area contributed by atoms with E-state index in [0.29, 0.717) is 11.4 Å². The van der Waals surface area contributed by atoms with Crippen molar-refractivity contribution in [2.75, 3.05) is 12.4 Å². The summed E-state index contributed by atoms with van der Waals surface area (Å²) in [5.41, 5.74) is 10.7. The normalized spacial score (nSPS) is 11.7. The van der Waals surface area contributed by atoms with Crippen molar-refractivity contribution < 1.29 is 26.5 Å². The number of nitrogens with one attached hydrogen (secondary N) is 1. The number of carbonyl (C=O) groups excluding carboxylic acids is 1. The van der Waals surface area contributed by atoms with E-state index >= 15 is 0 Å². The summed E-state index contributed by atoms with van der Waals surface area (Å²) in [5.74, 6) is 0.344. The molecule has 0 aliphatic heterocycles. The number of aryl methyl sites for hydroxylation is 1. The summed E-state index contributed by atoms with van der Waals surface area (Å²) in [6, 6.07) is 22.0. The quantitative estimate of drug-likeness (QED) is 0.378. The van der Waals surface area contributed by atoms with Gasteiger partial charge in [-0.1, -0.05) is 30.3 Å². The van der Waals surface area contributed by atoms with Gasteiger partial charge in [-0.2, -0.15) is 4.57 Å². The Morgan fingerprint density at radius 3 is 2.10 bits per heavy atom. The number of hydrogen-bond donors (Lipinski definition) is 2. The lowest BCUT2D eigenvalue weighted by Gasteiger charge is -2.15. The van der Waals surface area contributed by atoms with Crippen molar-refractivity contribution in [3.05, 3.63) is 66.7 Å². The average Bonchev–Trinajstić information content (AvgIpc) is 2.74. The fraction of sp³-hybridized carbons (Fsp3) is 0.167. The first-order valence-electron chi connectivity index (χ1n) is 9.55. The maximum absolute atomic E-state index is 12.0. The Hall–Kier alpha value is -3.15. The van der Waals surface area contributed by atoms with Crippen LogP contribution in [0.5, 0.6) is 5.75 Å². The monoisotopic (exact) mass is 421 g/mol. The Balaban J connectivity index is 0.00000256. The molecule has 1 aromatic heterocycles. The number of halogens is 1. The largest absolute Gasteiger partial charge is 1.00 e. The fourth-order valence-corrected chi connectivity index (χ4v) is 3.74. The lowest BCUT2D eigenvalue weighted by molar-refractivity contribution is -0.617. The summed E-state index contributed by atoms with van der Waals surface area (Å²) in [5, 5.41) is 5.14. The molecule has 0 spiro atoms. The van der Waals surface area contributed by atoms with Crippen LogP contribution in [0.3, 0.4) is 0 Å². The molecule has 4 rings (SSSR count). The van der Waals surface area contributed by atoms with E-state index in [0.717, 1.165) is 32.9 Å². The highest BCUT2D eigenvalue weighted by molar-refractivity contribution is 6.07. The highest BCUT2D eigenvalue weighted by Crippen LogP contribution is 2.37. The number of carbonyl (C=O) groups is 1. The van der Waals surface area contributed by atoms with Crippen LogP contribution in [0.25, 0.3) is 32.9 Å². The van der Waals surface area contributed by atoms with E-state index in [2.05, 4.69) is 53.3 Å². The second kappa shape index (κ2) is 8.69. The van der Waals surface area contributed by atoms with Crippen LogP contribution < -0.4 is 32.8 Å². The molecule has 30 heavy (non-hydrogen) atoms. The first kappa shape index (κ1) is 21.6. The Bertz CT molecular complexity index is 1180. The molecule has 4 aromatic rings. The van der Waals surface area contributed by atoms with Crippen LogP contribution in [-0.4, -0.2) is 19.1 Å². The van der Waals surface area contributed by atoms with Gasteiger partial charge in [0.25, 0.3) is 0 Å². The number of nitrogens with zero attached hydrogens (tertiary/aromatic N) is 1. The van der Waals surface area contributed by atoms with Crippen LogP contribution in [0.1, 0.15) is 6.92 Å². The SMILES string of the molecule is COc1cc(-c2c3ccccc3[n+](C)c3ccccc23)ccc1NC(=O)[C@H](C)N.[Cl-]. The molecule has 1 atom stereocenters. The molecule has 0 saturated heterocycles. The number of fused-ring (bicyclic) bond motifs is 2. The molecule has 0 aliphatic carbocycles. The van der Waals surface area contributed by atoms with E-state index in [9.17, 15) is 4.79 Å². The zero-order chi connectivity index (χ0) is 20.5. The zero-order valence-corrected chi connectivity index (χ0v) is 17.9. The van der Waals surface area contributed by atoms with Gasteiger partial charge in [0.05, 0.1) is 29.6 Å². The molecule has 0 fully saturated rings. The van der Waals surface area contributed by atoms with Crippen LogP contribution in [0.15, 0.2) is 66.7 Å². The summed E-state index contributed by atoms with van der Waals surface area (Å²) in [7, 11) is 3.68. The molecule has 1 heterocycles. The Morgan fingerprint density at radius 1 is 1.00 bits per heavy atom. The number of methoxy groups -OCH3 is 1. The van der Waals surface area contributed by atoms with Crippen molar-refractivity contribution in [3.63, 3.8) is 0 Å². The van der Waals surface area contributed by atoms with Gasteiger partial charge in [0.1, 0.15) is 12.8 Å². The summed E-state index contributed by atoms with van der Waals surface area (Å²) >= 11 is 0. The minimum Gasteiger partial charge on any atom is -1.00 e. The number of amides is 1. The predicted molar refractivity (Wildman–Crippen MR) is 117 cm³/mol. The van der Waals surface area contributed by atoms with Gasteiger partial charge in [-0.05, 0) is 36.8 Å². The maximum Gasteiger partial charge on any atom is 0.241 e. The molecule has 0 saturated carbocycles. The smallest absolute Gasteiger partial charge is 0.241 e. The number of para-hydroxylation sites is 2. The molecule has 154 valence electrons. The number of pyridine rings is 1. The third kappa shape index (κ3) is 3.70. The number of rotatable bonds is 4. The summed E-state index contributed by atoms with van der Waals surface area (Å²) in [4.78, 5) is 12.0. The number of hydrogen-bond acceptors (Lipinski definition) is 3. The van der Waals surface area contributed by atoms with E-state index in [1.54, 1.807) is 14.0 Å². The first-order chi connectivity index (χ1) is 14.0. The Morgan fingerprint density at radius 2 is 1.57 bits per heavy atom. The molecule has 0 radical (unpaired) electrons. The average molecular weight is 422 g/mol. The van der Waals surface area contributed by atoms with E-state index in [1.165, 1.54) is 0 Å². The topological polar surface area (TPSA) is 68.2 Å². The van der Waals surface area contributed by atoms with Gasteiger partial charge >= 0.3 is 0 Å². The van der Waals surface area contributed by atoms with Crippen LogP contribution in [0.2, 0.25) is 0 Å². The van der Waals surface area contributed by atoms with Gasteiger partial charge in [-0.25, -0.2) is 0 Å². The van der Waals surface area contributed by atoms with Crippen LogP contribution in [0.4, 0.5) is 5.69 Å². The molecule has 3 aromatic carbocycles. The number of nitrogens with two attached hydrogens (primary N) is 1. The molecule has 0 unspecified atom stereocenters. The minimum absolute atomic E-state index is 0. The van der Waals surface area contributed by atoms with Crippen molar-refractivity contribution in [2.24, 2.45) is 12.8 Å². The molecular formula is C24H24ClN3O2. The molecular weight excluding hydrogens is 398 g/mol. The zero-order valence-electron chi connectivity index (χ0n) is 17.1. The van der Waals surface area contributed by atoms with Crippen molar-refractivity contribution in [3.8, 4) is 16.9 Å². The number of anilines is 1. The Labute approximate surface area is 181 Å². The van der Waals surface area contributed by atoms with E-state index < -0.39 is 6.04 Å². The van der Waals surface area contributed by atoms with Gasteiger partial charge in [-0.15, -0.1) is 0 Å². The standard InChI is InChI=1S/C24H23N3O2.ClH/c1-15(25)24(28)26-19-13-12-16(14-22(19)29-3)23-17-8-4-6-10-20(17)27(2)21-11-7-5-9-18(21)23;/h4-15H,25H2,1-3H3;1H/t15-;/m0./s1. The van der Waals surface area contributed by atoms with Crippen LogP contribution in [0, 0.1) is 0 Å². The minimum atomic E-state index is -0.596. The van der Waals surface area contributed by atoms with Crippen LogP contribution in [-0.2, 0) is 11.8 Å². The number of ether oxygens (including phenoxy) is 1. The Kier molecular flexibility index (Phi) is 6.25. The van der Waals surface area contributed by atoms with Crippen LogP contribution >= 0.6 is 0 Å². The van der Waals surface area contributed by atoms with Crippen molar-refractivity contribution in [1.82, 2.24) is 0 Å². The third-order valence-electron chi connectivity index (χ3n) is 5.23. The summed E-state index contributed by atoms with van der Waals surface area (Å²) in [6.07, 6.45) is 0. The predicted octanol–water partition coefficient (Wildman–Crippen LogP) is 0.783. The van der Waals surface area contributed by atoms with Crippen molar-refractivity contribution >= 4 is 33.4 Å². The summed E-state index contributed by atoms with van der Waals surface area (Å²) in [6.45, 7) is 1.65. The highest BCUT2D eigenvalue weighted by Gasteiger charge is 2.20. The summed E-state index contributed by atoms with van der Waals surface area (Å²) < 4.78 is 7.79. The molecule has 6 heteroatoms. The van der Waals surface area contributed by atoms with E-state index in [4.69, 9.17) is 10.5 Å². The second-order valence-electron chi connectivity index (χ2n) is 7.16. The lowest BCUT2D eigenvalue weighted by atomic mass is 9.95. The van der Waals surface area contributed by atoms with Gasteiger partial charge in [-0.3, -0.25) is 4.79 Å². The van der Waals surface area contributed by atoms with Gasteiger partial charge in [0.2, 0.25) is 16.9 Å².